The summed E-state index contributed by atoms with van der Waals surface area (Å²) >= 11 is 0. The van der Waals surface area contributed by atoms with E-state index in [1.54, 1.807) is 0 Å². The van der Waals surface area contributed by atoms with Crippen molar-refractivity contribution in [1.82, 2.24) is 57.1 Å². The van der Waals surface area contributed by atoms with Gasteiger partial charge in [-0.2, -0.15) is 0 Å². The number of aryl methyl sites for hydroxylation is 1. The maximum Gasteiger partial charge on any atom is 0.305 e. The zero-order valence-electron chi connectivity index (χ0n) is 55.8. The SMILES string of the molecule is NCCCC[C@@H]1NC(=O)CCOCc2cccc(c2)CCC[C@@H](C(N)=O)CC(=O)[C@@H]2CCCN2C(=O)[C@H](Cc2ccc(O)cc2)NC(=O)[C@H](Cc2cnc[nH]2)NC(=O)[C@H](CC(=O)O)NC(=O)[C@H](CC2CCC3CCC(F)CC32)NC(=O)[C@H](Cc2c[nH]c3ccc(F)cc23)NC(=O)CNC1=O. The molecule has 27 nitrogen and oxygen atoms in total. The number of Topliss-reactive ketones (excluding diaryl/α,β-unsaturated/α-hetero) is 1. The van der Waals surface area contributed by atoms with Crippen LogP contribution in [-0.4, -0.2) is 170 Å². The van der Waals surface area contributed by atoms with Gasteiger partial charge in [-0.1, -0.05) is 36.4 Å². The molecule has 538 valence electrons. The molecule has 2 aromatic heterocycles. The fraction of sp³-hybridized carbons (Fsp3) is 0.521. The highest BCUT2D eigenvalue weighted by atomic mass is 19.1. The maximum absolute atomic E-state index is 15.3. The largest absolute Gasteiger partial charge is 0.508 e. The third kappa shape index (κ3) is 21.2. The summed E-state index contributed by atoms with van der Waals surface area (Å²) in [4.78, 5) is 168. The lowest BCUT2D eigenvalue weighted by molar-refractivity contribution is -0.142. The predicted octanol–water partition coefficient (Wildman–Crippen LogP) is 2.94. The minimum absolute atomic E-state index is 0.0397. The number of hydrogen-bond donors (Lipinski definition) is 13. The number of aromatic hydroxyl groups is 1. The molecule has 2 aliphatic carbocycles. The van der Waals surface area contributed by atoms with Gasteiger partial charge in [0.15, 0.2) is 5.78 Å². The number of phenolic OH excluding ortho intramolecular Hbond substituents is 1. The molecule has 29 heteroatoms. The highest BCUT2D eigenvalue weighted by Crippen LogP contribution is 2.48. The number of amides is 9. The van der Waals surface area contributed by atoms with Crippen LogP contribution in [0.2, 0.25) is 0 Å². The number of nitrogens with two attached hydrogens (primary N) is 2. The second-order valence-electron chi connectivity index (χ2n) is 26.8. The Labute approximate surface area is 577 Å². The summed E-state index contributed by atoms with van der Waals surface area (Å²) in [5, 5.41) is 39.4. The average Bonchev–Trinajstić information content (AvgIpc) is 1.64. The van der Waals surface area contributed by atoms with Crippen LogP contribution in [0.15, 0.2) is 85.5 Å². The minimum atomic E-state index is -1.97. The second-order valence-corrected chi connectivity index (χ2v) is 26.8. The molecule has 15 N–H and O–H groups in total. The summed E-state index contributed by atoms with van der Waals surface area (Å²) in [7, 11) is 0. The summed E-state index contributed by atoms with van der Waals surface area (Å²) < 4.78 is 36.0. The molecule has 2 aliphatic heterocycles. The van der Waals surface area contributed by atoms with Crippen LogP contribution in [0.4, 0.5) is 8.78 Å². The number of nitrogens with zero attached hydrogens (tertiary/aromatic N) is 2. The number of alkyl halides is 1. The van der Waals surface area contributed by atoms with Gasteiger partial charge in [-0.15, -0.1) is 0 Å². The average molecular weight is 1390 g/mol. The minimum Gasteiger partial charge on any atom is -0.508 e. The van der Waals surface area contributed by atoms with Gasteiger partial charge in [0.05, 0.1) is 38.5 Å². The summed E-state index contributed by atoms with van der Waals surface area (Å²) in [6, 6.07) is 6.82. The molecule has 2 bridgehead atoms. The van der Waals surface area contributed by atoms with Crippen molar-refractivity contribution < 1.29 is 76.5 Å². The fourth-order valence-corrected chi connectivity index (χ4v) is 14.4. The van der Waals surface area contributed by atoms with Crippen molar-refractivity contribution in [3.05, 3.63) is 119 Å². The Morgan fingerprint density at radius 1 is 0.700 bits per heavy atom. The number of aliphatic carboxylic acids is 1. The number of nitrogens with one attached hydrogen (secondary N) is 9. The van der Waals surface area contributed by atoms with Crippen LogP contribution < -0.4 is 48.7 Å². The molecule has 4 heterocycles. The van der Waals surface area contributed by atoms with Gasteiger partial charge in [-0.05, 0) is 167 Å². The molecule has 1 saturated heterocycles. The van der Waals surface area contributed by atoms with Crippen LogP contribution in [0.25, 0.3) is 10.9 Å². The molecule has 100 heavy (non-hydrogen) atoms. The number of unbranched alkanes of at least 4 members (excludes halogenated alkanes) is 1. The van der Waals surface area contributed by atoms with Crippen molar-refractivity contribution in [2.24, 2.45) is 35.1 Å². The van der Waals surface area contributed by atoms with Gasteiger partial charge in [0, 0.05) is 73.6 Å². The number of carboxylic acid groups (broad SMARTS) is 1. The number of aromatic nitrogens is 3. The predicted molar refractivity (Wildman–Crippen MR) is 360 cm³/mol. The maximum atomic E-state index is 15.3. The number of hydrogen-bond acceptors (Lipinski definition) is 15. The van der Waals surface area contributed by atoms with Crippen LogP contribution in [0.1, 0.15) is 131 Å². The number of ketones is 1. The summed E-state index contributed by atoms with van der Waals surface area (Å²) in [6.07, 6.45) is 5.70. The highest BCUT2D eigenvalue weighted by molar-refractivity contribution is 5.99. The van der Waals surface area contributed by atoms with Gasteiger partial charge in [0.25, 0.3) is 0 Å². The van der Waals surface area contributed by atoms with E-state index in [4.69, 9.17) is 16.2 Å². The van der Waals surface area contributed by atoms with Gasteiger partial charge in [0.1, 0.15) is 54.0 Å². The monoisotopic (exact) mass is 1390 g/mol. The van der Waals surface area contributed by atoms with Gasteiger partial charge in [-0.3, -0.25) is 52.7 Å². The number of rotatable bonds is 15. The van der Waals surface area contributed by atoms with E-state index in [0.29, 0.717) is 92.1 Å². The molecule has 2 saturated carbocycles. The van der Waals surface area contributed by atoms with Gasteiger partial charge < -0.3 is 78.5 Å². The number of carbonyl (C=O) groups excluding carboxylic acids is 10. The van der Waals surface area contributed by atoms with Crippen molar-refractivity contribution in [1.29, 1.82) is 0 Å². The summed E-state index contributed by atoms with van der Waals surface area (Å²) in [5.74, 6) is -11.9. The standard InChI is InChI=1S/C71H91F2N13O14/c72-47-17-16-43-14-15-44(51(43)31-47)28-56-68(96)84-58(34-64(91)92)70(98)83-57(33-49-36-76-39-79-49)69(97)85-59(27-41-12-19-50(87)20-13-41)71(99)86-24-5-11-60(86)61(88)30-45(65(75)93)9-4-7-40-6-3-8-42(26-40)38-100-25-22-62(89)80-54(10-1-2-23-74)66(94)78-37-63(90)81-55(67(95)82-56)29-46-35-77-53-21-18-48(73)32-52(46)53/h3,6,8,12-13,18-21,26,32,35-36,39,43-45,47,51,54-60,77,87H,1-2,4-5,7,9-11,14-17,22-25,27-31,33-34,37-38,74H2,(H2,75,93)(H,76,79)(H,78,94)(H,80,89)(H,81,90)(H,82,95)(H,83,98)(H,84,96)(H,85,97)(H,91,92)/t43?,44?,45-,47?,51?,54+,55+,56+,57+,58+,59+,60+/m1/s1. The first kappa shape index (κ1) is 74.6. The van der Waals surface area contributed by atoms with Crippen LogP contribution in [0.3, 0.4) is 0 Å². The molecule has 3 fully saturated rings. The number of halogens is 2. The topological polar surface area (TPSA) is 421 Å². The number of phenols is 1. The van der Waals surface area contributed by atoms with E-state index >= 15 is 18.8 Å². The zero-order chi connectivity index (χ0) is 71.4. The number of benzene rings is 3. The lowest BCUT2D eigenvalue weighted by Crippen LogP contribution is -2.60. The summed E-state index contributed by atoms with van der Waals surface area (Å²) in [5.41, 5.74) is 15.0. The number of fused-ring (bicyclic) bond motifs is 5. The Kier molecular flexibility index (Phi) is 26.8. The molecular formula is C71H91F2N13O14. The molecule has 9 rings (SSSR count). The van der Waals surface area contributed by atoms with Crippen LogP contribution >= 0.6 is 0 Å². The van der Waals surface area contributed by atoms with Crippen LogP contribution in [-0.2, 0) is 89.8 Å². The molecule has 5 aromatic rings. The Hall–Kier alpha value is -9.64. The van der Waals surface area contributed by atoms with Crippen LogP contribution in [0.5, 0.6) is 5.75 Å². The van der Waals surface area contributed by atoms with Crippen molar-refractivity contribution in [2.45, 2.75) is 183 Å². The normalized spacial score (nSPS) is 26.6. The van der Waals surface area contributed by atoms with Crippen molar-refractivity contribution in [2.75, 3.05) is 26.2 Å². The smallest absolute Gasteiger partial charge is 0.305 e. The fourth-order valence-electron chi connectivity index (χ4n) is 14.4. The molecule has 12 atom stereocenters. The van der Waals surface area contributed by atoms with Gasteiger partial charge in [0.2, 0.25) is 53.2 Å². The van der Waals surface area contributed by atoms with Gasteiger partial charge in [-0.25, -0.2) is 13.8 Å². The molecule has 3 aromatic carbocycles. The Morgan fingerprint density at radius 2 is 1.41 bits per heavy atom. The molecule has 4 unspecified atom stereocenters. The van der Waals surface area contributed by atoms with E-state index in [2.05, 4.69) is 52.2 Å². The second kappa shape index (κ2) is 35.9. The molecule has 4 aliphatic rings. The number of primary amides is 1. The summed E-state index contributed by atoms with van der Waals surface area (Å²) in [6.45, 7) is -0.258. The van der Waals surface area contributed by atoms with E-state index in [1.165, 1.54) is 66.1 Å². The number of imidazole rings is 1. The number of ether oxygens (including phenoxy) is 1. The Bertz CT molecular complexity index is 3700. The lowest BCUT2D eigenvalue weighted by atomic mass is 9.75. The van der Waals surface area contributed by atoms with Gasteiger partial charge >= 0.3 is 5.97 Å². The number of aromatic amines is 2. The van der Waals surface area contributed by atoms with Crippen molar-refractivity contribution in [3.63, 3.8) is 0 Å². The van der Waals surface area contributed by atoms with Crippen molar-refractivity contribution >= 4 is 75.8 Å². The highest BCUT2D eigenvalue weighted by Gasteiger charge is 2.44. The first-order valence-corrected chi connectivity index (χ1v) is 34.5. The van der Waals surface area contributed by atoms with E-state index in [-0.39, 0.29) is 107 Å². The first-order valence-electron chi connectivity index (χ1n) is 34.5. The molecule has 0 radical (unpaired) electrons. The van der Waals surface area contributed by atoms with Crippen molar-refractivity contribution in [3.8, 4) is 5.75 Å². The number of carboxylic acids is 1. The third-order valence-electron chi connectivity index (χ3n) is 19.6. The quantitative estimate of drug-likeness (QED) is 0.0670. The van der Waals surface area contributed by atoms with E-state index in [9.17, 15) is 53.0 Å². The van der Waals surface area contributed by atoms with E-state index < -0.39 is 138 Å². The number of carbonyl (C=O) groups is 11. The zero-order valence-corrected chi connectivity index (χ0v) is 55.8. The molecular weight excluding hydrogens is 1300 g/mol. The first-order chi connectivity index (χ1) is 48.1. The molecule has 0 spiro atoms. The Morgan fingerprint density at radius 3 is 2.16 bits per heavy atom. The van der Waals surface area contributed by atoms with E-state index in [1.807, 2.05) is 24.3 Å². The van der Waals surface area contributed by atoms with Crippen LogP contribution in [0, 0.1) is 29.5 Å². The third-order valence-corrected chi connectivity index (χ3v) is 19.6. The van der Waals surface area contributed by atoms with E-state index in [0.717, 1.165) is 11.1 Å². The lowest BCUT2D eigenvalue weighted by Gasteiger charge is -2.33. The Balaban J connectivity index is 1.04. The number of H-pyrrole nitrogens is 2. The molecule has 9 amide bonds.